The van der Waals surface area contributed by atoms with Gasteiger partial charge in [0, 0.05) is 12.4 Å². The molecule has 1 aromatic heterocycles. The predicted molar refractivity (Wildman–Crippen MR) is 50.1 cm³/mol. The van der Waals surface area contributed by atoms with Crippen LogP contribution in [0.4, 0.5) is 0 Å². The van der Waals surface area contributed by atoms with Crippen LogP contribution in [-0.2, 0) is 11.3 Å². The van der Waals surface area contributed by atoms with E-state index in [-0.39, 0.29) is 6.10 Å². The first-order valence-electron chi connectivity index (χ1n) is 4.07. The van der Waals surface area contributed by atoms with Gasteiger partial charge in [-0.05, 0) is 13.8 Å². The average molecular weight is 164 g/mol. The first kappa shape index (κ1) is 9.19. The van der Waals surface area contributed by atoms with Gasteiger partial charge in [0.1, 0.15) is 14.5 Å². The van der Waals surface area contributed by atoms with Crippen molar-refractivity contribution in [3.05, 3.63) is 18.2 Å². The molecule has 0 atom stereocenters. The van der Waals surface area contributed by atoms with Crippen LogP contribution < -0.4 is 5.46 Å². The fourth-order valence-electron chi connectivity index (χ4n) is 0.735. The largest absolute Gasteiger partial charge is 0.371 e. The van der Waals surface area contributed by atoms with E-state index in [9.17, 15) is 0 Å². The summed E-state index contributed by atoms with van der Waals surface area (Å²) in [5.74, 6) is 0.745. The number of aromatic nitrogens is 2. The molecule has 0 aliphatic rings. The van der Waals surface area contributed by atoms with Crippen LogP contribution in [0.25, 0.3) is 0 Å². The zero-order valence-corrected chi connectivity index (χ0v) is 7.74. The van der Waals surface area contributed by atoms with E-state index in [1.807, 2.05) is 21.7 Å². The van der Waals surface area contributed by atoms with Crippen molar-refractivity contribution in [3.63, 3.8) is 0 Å². The van der Waals surface area contributed by atoms with E-state index >= 15 is 0 Å². The third-order valence-electron chi connectivity index (χ3n) is 1.38. The highest BCUT2D eigenvalue weighted by molar-refractivity contribution is 6.31. The van der Waals surface area contributed by atoms with E-state index in [4.69, 9.17) is 4.74 Å². The van der Waals surface area contributed by atoms with Crippen LogP contribution in [0.3, 0.4) is 0 Å². The monoisotopic (exact) mass is 164 g/mol. The van der Waals surface area contributed by atoms with Crippen LogP contribution >= 0.6 is 0 Å². The third kappa shape index (κ3) is 3.01. The van der Waals surface area contributed by atoms with Crippen molar-refractivity contribution in [1.29, 1.82) is 0 Å². The van der Waals surface area contributed by atoms with Gasteiger partial charge in [-0.1, -0.05) is 5.46 Å². The minimum atomic E-state index is 0.231. The van der Waals surface area contributed by atoms with Crippen molar-refractivity contribution in [3.8, 4) is 0 Å². The molecule has 0 aromatic carbocycles. The molecule has 0 aliphatic heterocycles. The lowest BCUT2D eigenvalue weighted by molar-refractivity contribution is 0.0613. The molecule has 4 heteroatoms. The molecule has 0 radical (unpaired) electrons. The molecule has 0 spiro atoms. The highest BCUT2D eigenvalue weighted by Gasteiger charge is 1.97. The van der Waals surface area contributed by atoms with E-state index in [0.29, 0.717) is 6.61 Å². The summed E-state index contributed by atoms with van der Waals surface area (Å²) >= 11 is 0. The van der Waals surface area contributed by atoms with Crippen molar-refractivity contribution in [1.82, 2.24) is 9.97 Å². The zero-order chi connectivity index (χ0) is 8.97. The Balaban J connectivity index is 2.48. The number of nitrogens with zero attached hydrogens (tertiary/aromatic N) is 2. The van der Waals surface area contributed by atoms with Crippen LogP contribution in [0, 0.1) is 0 Å². The second-order valence-corrected chi connectivity index (χ2v) is 3.04. The first-order valence-corrected chi connectivity index (χ1v) is 4.07. The summed E-state index contributed by atoms with van der Waals surface area (Å²) in [6.07, 6.45) is 3.83. The van der Waals surface area contributed by atoms with Gasteiger partial charge in [-0.2, -0.15) is 0 Å². The Morgan fingerprint density at radius 1 is 1.42 bits per heavy atom. The molecule has 3 nitrogen and oxygen atoms in total. The second-order valence-electron chi connectivity index (χ2n) is 3.04. The molecule has 0 fully saturated rings. The van der Waals surface area contributed by atoms with Gasteiger partial charge < -0.3 is 4.74 Å². The molecule has 0 saturated carbocycles. The molecule has 1 rings (SSSR count). The topological polar surface area (TPSA) is 35.0 Å². The SMILES string of the molecule is Bc1cnc(COC(C)C)nc1. The number of hydrogen-bond donors (Lipinski definition) is 0. The van der Waals surface area contributed by atoms with Gasteiger partial charge in [-0.3, -0.25) is 0 Å². The summed E-state index contributed by atoms with van der Waals surface area (Å²) in [5, 5.41) is 0. The number of rotatable bonds is 3. The van der Waals surface area contributed by atoms with Crippen LogP contribution in [-0.4, -0.2) is 23.9 Å². The molecule has 64 valence electrons. The summed E-state index contributed by atoms with van der Waals surface area (Å²) in [4.78, 5) is 8.23. The van der Waals surface area contributed by atoms with E-state index in [2.05, 4.69) is 9.97 Å². The van der Waals surface area contributed by atoms with Crippen LogP contribution in [0.1, 0.15) is 19.7 Å². The summed E-state index contributed by atoms with van der Waals surface area (Å²) < 4.78 is 5.34. The molecular formula is C8H13BN2O. The van der Waals surface area contributed by atoms with E-state index < -0.39 is 0 Å². The van der Waals surface area contributed by atoms with Crippen LogP contribution in [0.2, 0.25) is 0 Å². The number of ether oxygens (including phenoxy) is 1. The fourth-order valence-corrected chi connectivity index (χ4v) is 0.735. The highest BCUT2D eigenvalue weighted by atomic mass is 16.5. The average Bonchev–Trinajstić information content (AvgIpc) is 2.03. The Labute approximate surface area is 73.6 Å². The number of hydrogen-bond acceptors (Lipinski definition) is 3. The molecular weight excluding hydrogens is 151 g/mol. The van der Waals surface area contributed by atoms with Crippen LogP contribution in [0.15, 0.2) is 12.4 Å². The maximum Gasteiger partial charge on any atom is 0.153 e. The zero-order valence-electron chi connectivity index (χ0n) is 7.74. The lowest BCUT2D eigenvalue weighted by Crippen LogP contribution is -2.10. The molecule has 12 heavy (non-hydrogen) atoms. The Hall–Kier alpha value is -0.895. The molecule has 0 aliphatic carbocycles. The van der Waals surface area contributed by atoms with Gasteiger partial charge >= 0.3 is 0 Å². The van der Waals surface area contributed by atoms with Crippen LogP contribution in [0.5, 0.6) is 0 Å². The van der Waals surface area contributed by atoms with Gasteiger partial charge in [0.15, 0.2) is 5.82 Å². The summed E-state index contributed by atoms with van der Waals surface area (Å²) in [7, 11) is 1.97. The molecule has 0 saturated heterocycles. The van der Waals surface area contributed by atoms with E-state index in [0.717, 1.165) is 11.3 Å². The Morgan fingerprint density at radius 2 is 2.00 bits per heavy atom. The standard InChI is InChI=1S/C8H13BN2O/c1-6(2)12-5-8-10-3-7(9)4-11-8/h3-4,6H,5,9H2,1-2H3. The summed E-state index contributed by atoms with van der Waals surface area (Å²) in [6, 6.07) is 0. The maximum absolute atomic E-state index is 5.34. The highest BCUT2D eigenvalue weighted by Crippen LogP contribution is 1.94. The molecule has 0 unspecified atom stereocenters. The Bertz CT molecular complexity index is 235. The molecule has 1 heterocycles. The van der Waals surface area contributed by atoms with Crippen molar-refractivity contribution >= 4 is 13.3 Å². The van der Waals surface area contributed by atoms with Gasteiger partial charge in [-0.15, -0.1) is 0 Å². The lowest BCUT2D eigenvalue weighted by Gasteiger charge is -2.05. The van der Waals surface area contributed by atoms with Crippen molar-refractivity contribution < 1.29 is 4.74 Å². The lowest BCUT2D eigenvalue weighted by atomic mass is 10.0. The quantitative estimate of drug-likeness (QED) is 0.573. The Morgan fingerprint density at radius 3 is 2.50 bits per heavy atom. The smallest absolute Gasteiger partial charge is 0.153 e. The first-order chi connectivity index (χ1) is 5.68. The van der Waals surface area contributed by atoms with E-state index in [1.54, 1.807) is 12.4 Å². The third-order valence-corrected chi connectivity index (χ3v) is 1.38. The maximum atomic E-state index is 5.34. The summed E-state index contributed by atoms with van der Waals surface area (Å²) in [6.45, 7) is 4.49. The normalized spacial score (nSPS) is 10.6. The minimum absolute atomic E-state index is 0.231. The Kier molecular flexibility index (Phi) is 3.23. The summed E-state index contributed by atoms with van der Waals surface area (Å²) in [5.41, 5.74) is 1.07. The second kappa shape index (κ2) is 4.21. The van der Waals surface area contributed by atoms with E-state index in [1.165, 1.54) is 0 Å². The van der Waals surface area contributed by atoms with Gasteiger partial charge in [0.25, 0.3) is 0 Å². The van der Waals surface area contributed by atoms with Gasteiger partial charge in [0.2, 0.25) is 0 Å². The predicted octanol–water partition coefficient (Wildman–Crippen LogP) is -0.340. The molecule has 0 amide bonds. The van der Waals surface area contributed by atoms with Crippen molar-refractivity contribution in [2.24, 2.45) is 0 Å². The minimum Gasteiger partial charge on any atom is -0.371 e. The van der Waals surface area contributed by atoms with Crippen molar-refractivity contribution in [2.75, 3.05) is 0 Å². The fraction of sp³-hybridized carbons (Fsp3) is 0.500. The van der Waals surface area contributed by atoms with Gasteiger partial charge in [0.05, 0.1) is 6.10 Å². The molecule has 0 N–H and O–H groups in total. The molecule has 0 bridgehead atoms. The van der Waals surface area contributed by atoms with Crippen molar-refractivity contribution in [2.45, 2.75) is 26.6 Å². The molecule has 1 aromatic rings. The van der Waals surface area contributed by atoms with Gasteiger partial charge in [-0.25, -0.2) is 9.97 Å².